The molecule has 2 aliphatic heterocycles. The fraction of sp³-hybridized carbons (Fsp3) is 0.400. The number of rotatable bonds is 2. The topological polar surface area (TPSA) is 81.5 Å². The molecule has 2 fully saturated rings. The van der Waals surface area contributed by atoms with Crippen molar-refractivity contribution >= 4 is 21.8 Å². The molecule has 192 valence electrons. The monoisotopic (exact) mass is 488 g/mol. The summed E-state index contributed by atoms with van der Waals surface area (Å²) in [4.78, 5) is 10.7. The van der Waals surface area contributed by atoms with Crippen LogP contribution in [0.25, 0.3) is 21.8 Å². The highest BCUT2D eigenvalue weighted by Gasteiger charge is 2.14. The Kier molecular flexibility index (Phi) is 10.9. The van der Waals surface area contributed by atoms with E-state index in [0.717, 1.165) is 36.0 Å². The van der Waals surface area contributed by atoms with Crippen LogP contribution in [-0.2, 0) is 6.54 Å². The predicted molar refractivity (Wildman–Crippen MR) is 149 cm³/mol. The molecule has 6 heteroatoms. The van der Waals surface area contributed by atoms with Gasteiger partial charge in [-0.05, 0) is 70.1 Å². The van der Waals surface area contributed by atoms with Gasteiger partial charge in [0.05, 0.1) is 0 Å². The summed E-state index contributed by atoms with van der Waals surface area (Å²) in [5, 5.41) is 24.8. The Labute approximate surface area is 215 Å². The number of aromatic nitrogens is 2. The first-order valence-electron chi connectivity index (χ1n) is 12.7. The average molecular weight is 489 g/mol. The Bertz CT molecular complexity index is 1190. The standard InChI is InChI=1S/C15H18N2O.C9H7NO.C5H11N.CH4/c18-15-13(11-17-9-2-1-3-10-17)7-6-12-5-4-8-16-14(12)15;11-8-5-1-3-7-4-2-6-10-9(7)8;1-2-4-6-5-3-1;/h4-8,18H,1-3,9-11H2;1-6,11H;6H,1-5H2;1H4. The number of aromatic hydroxyl groups is 2. The Hall–Kier alpha value is -3.22. The van der Waals surface area contributed by atoms with Crippen molar-refractivity contribution in [3.05, 3.63) is 72.6 Å². The zero-order valence-electron chi connectivity index (χ0n) is 20.4. The first-order valence-corrected chi connectivity index (χ1v) is 12.7. The number of nitrogens with zero attached hydrogens (tertiary/aromatic N) is 3. The number of fused-ring (bicyclic) bond motifs is 2. The van der Waals surface area contributed by atoms with Crippen molar-refractivity contribution in [2.45, 2.75) is 52.5 Å². The minimum absolute atomic E-state index is 0. The summed E-state index contributed by atoms with van der Waals surface area (Å²) in [5.74, 6) is 0.585. The molecular formula is C30H40N4O2. The van der Waals surface area contributed by atoms with Crippen LogP contribution in [0.5, 0.6) is 11.5 Å². The van der Waals surface area contributed by atoms with Gasteiger partial charge < -0.3 is 15.5 Å². The van der Waals surface area contributed by atoms with Crippen LogP contribution in [0.3, 0.4) is 0 Å². The lowest BCUT2D eigenvalue weighted by Gasteiger charge is -2.26. The summed E-state index contributed by atoms with van der Waals surface area (Å²) in [6.07, 6.45) is 11.5. The van der Waals surface area contributed by atoms with Gasteiger partial charge in [-0.15, -0.1) is 0 Å². The maximum atomic E-state index is 10.3. The second-order valence-electron chi connectivity index (χ2n) is 9.15. The van der Waals surface area contributed by atoms with Crippen molar-refractivity contribution in [2.75, 3.05) is 26.2 Å². The average Bonchev–Trinajstić information content (AvgIpc) is 2.93. The van der Waals surface area contributed by atoms with Crippen LogP contribution in [-0.4, -0.2) is 51.3 Å². The Morgan fingerprint density at radius 1 is 0.694 bits per heavy atom. The summed E-state index contributed by atoms with van der Waals surface area (Å²) in [5.41, 5.74) is 2.37. The van der Waals surface area contributed by atoms with Crippen LogP contribution >= 0.6 is 0 Å². The molecule has 0 radical (unpaired) electrons. The van der Waals surface area contributed by atoms with Crippen LogP contribution < -0.4 is 5.32 Å². The van der Waals surface area contributed by atoms with Crippen LogP contribution in [0.4, 0.5) is 0 Å². The number of nitrogens with one attached hydrogen (secondary N) is 1. The Morgan fingerprint density at radius 2 is 1.31 bits per heavy atom. The van der Waals surface area contributed by atoms with E-state index in [1.165, 1.54) is 51.6 Å². The first kappa shape index (κ1) is 27.4. The molecule has 6 nitrogen and oxygen atoms in total. The second kappa shape index (κ2) is 14.4. The molecule has 2 aromatic heterocycles. The van der Waals surface area contributed by atoms with Crippen molar-refractivity contribution < 1.29 is 10.2 Å². The molecule has 2 saturated heterocycles. The van der Waals surface area contributed by atoms with Crippen molar-refractivity contribution in [2.24, 2.45) is 0 Å². The van der Waals surface area contributed by atoms with Gasteiger partial charge in [0, 0.05) is 35.3 Å². The van der Waals surface area contributed by atoms with Crippen molar-refractivity contribution in [1.29, 1.82) is 0 Å². The first-order chi connectivity index (χ1) is 17.2. The van der Waals surface area contributed by atoms with E-state index < -0.39 is 0 Å². The number of para-hydroxylation sites is 1. The molecule has 0 bridgehead atoms. The van der Waals surface area contributed by atoms with Crippen LogP contribution in [0.1, 0.15) is 51.5 Å². The van der Waals surface area contributed by atoms with Gasteiger partial charge in [0.15, 0.2) is 0 Å². The lowest BCUT2D eigenvalue weighted by Crippen LogP contribution is -2.29. The summed E-state index contributed by atoms with van der Waals surface area (Å²) in [7, 11) is 0. The highest BCUT2D eigenvalue weighted by Crippen LogP contribution is 2.28. The van der Waals surface area contributed by atoms with E-state index in [1.807, 2.05) is 42.5 Å². The van der Waals surface area contributed by atoms with Gasteiger partial charge in [0.1, 0.15) is 22.5 Å². The highest BCUT2D eigenvalue weighted by atomic mass is 16.3. The molecule has 0 aliphatic carbocycles. The summed E-state index contributed by atoms with van der Waals surface area (Å²) >= 11 is 0. The number of hydrogen-bond donors (Lipinski definition) is 3. The molecule has 3 N–H and O–H groups in total. The van der Waals surface area contributed by atoms with E-state index in [2.05, 4.69) is 20.2 Å². The van der Waals surface area contributed by atoms with E-state index >= 15 is 0 Å². The molecule has 0 unspecified atom stereocenters. The molecule has 36 heavy (non-hydrogen) atoms. The Morgan fingerprint density at radius 3 is 1.92 bits per heavy atom. The number of hydrogen-bond acceptors (Lipinski definition) is 6. The molecule has 6 rings (SSSR count). The molecule has 2 aliphatic rings. The molecule has 2 aromatic carbocycles. The van der Waals surface area contributed by atoms with E-state index in [-0.39, 0.29) is 13.2 Å². The second-order valence-corrected chi connectivity index (χ2v) is 9.15. The van der Waals surface area contributed by atoms with Gasteiger partial charge in [0.25, 0.3) is 0 Å². The van der Waals surface area contributed by atoms with Crippen LogP contribution in [0.2, 0.25) is 0 Å². The van der Waals surface area contributed by atoms with Crippen LogP contribution in [0, 0.1) is 0 Å². The minimum atomic E-state index is 0. The highest BCUT2D eigenvalue weighted by molar-refractivity contribution is 5.85. The maximum absolute atomic E-state index is 10.3. The molecule has 0 saturated carbocycles. The molecule has 0 spiro atoms. The molecule has 0 amide bonds. The van der Waals surface area contributed by atoms with Gasteiger partial charge in [-0.1, -0.05) is 56.7 Å². The molecular weight excluding hydrogens is 448 g/mol. The van der Waals surface area contributed by atoms with Gasteiger partial charge >= 0.3 is 0 Å². The molecule has 4 aromatic rings. The molecule has 4 heterocycles. The lowest BCUT2D eigenvalue weighted by molar-refractivity contribution is 0.218. The summed E-state index contributed by atoms with van der Waals surface area (Å²) in [6.45, 7) is 5.61. The third-order valence-electron chi connectivity index (χ3n) is 6.49. The minimum Gasteiger partial charge on any atom is -0.506 e. The van der Waals surface area contributed by atoms with Gasteiger partial charge in [-0.25, -0.2) is 0 Å². The lowest BCUT2D eigenvalue weighted by atomic mass is 10.1. The van der Waals surface area contributed by atoms with Crippen molar-refractivity contribution in [1.82, 2.24) is 20.2 Å². The quantitative estimate of drug-likeness (QED) is 0.309. The van der Waals surface area contributed by atoms with E-state index in [0.29, 0.717) is 16.8 Å². The van der Waals surface area contributed by atoms with E-state index in [9.17, 15) is 10.2 Å². The maximum Gasteiger partial charge on any atom is 0.146 e. The van der Waals surface area contributed by atoms with Crippen LogP contribution in [0.15, 0.2) is 67.0 Å². The third kappa shape index (κ3) is 7.64. The number of likely N-dealkylation sites (tertiary alicyclic amines) is 1. The molecule has 0 atom stereocenters. The fourth-order valence-corrected chi connectivity index (χ4v) is 4.55. The number of phenolic OH excluding ortho intramolecular Hbond substituents is 2. The van der Waals surface area contributed by atoms with Crippen molar-refractivity contribution in [3.63, 3.8) is 0 Å². The van der Waals surface area contributed by atoms with Gasteiger partial charge in [-0.3, -0.25) is 14.9 Å². The summed E-state index contributed by atoms with van der Waals surface area (Å²) in [6, 6.07) is 17.1. The smallest absolute Gasteiger partial charge is 0.146 e. The SMILES string of the molecule is C.C1CCNCC1.Oc1c(CN2CCCCC2)ccc2cccnc12.Oc1cccc2cccnc12. The zero-order chi connectivity index (χ0) is 24.3. The number of benzene rings is 2. The predicted octanol–water partition coefficient (Wildman–Crippen LogP) is 6.26. The largest absolute Gasteiger partial charge is 0.506 e. The number of pyridine rings is 2. The van der Waals surface area contributed by atoms with Crippen molar-refractivity contribution in [3.8, 4) is 11.5 Å². The number of piperidine rings is 2. The Balaban J connectivity index is 0.000000170. The van der Waals surface area contributed by atoms with E-state index in [4.69, 9.17) is 0 Å². The number of phenols is 2. The van der Waals surface area contributed by atoms with Gasteiger partial charge in [0.2, 0.25) is 0 Å². The van der Waals surface area contributed by atoms with Gasteiger partial charge in [-0.2, -0.15) is 0 Å². The fourth-order valence-electron chi connectivity index (χ4n) is 4.55. The zero-order valence-corrected chi connectivity index (χ0v) is 20.4. The summed E-state index contributed by atoms with van der Waals surface area (Å²) < 4.78 is 0. The van der Waals surface area contributed by atoms with E-state index in [1.54, 1.807) is 24.5 Å². The normalized spacial score (nSPS) is 15.7. The third-order valence-corrected chi connectivity index (χ3v) is 6.49.